The number of hydrogen-bond donors (Lipinski definition) is 0. The van der Waals surface area contributed by atoms with Crippen LogP contribution in [0.2, 0.25) is 0 Å². The summed E-state index contributed by atoms with van der Waals surface area (Å²) in [5.41, 5.74) is 3.86. The van der Waals surface area contributed by atoms with E-state index in [0.29, 0.717) is 19.5 Å². The molecule has 0 aliphatic carbocycles. The van der Waals surface area contributed by atoms with Gasteiger partial charge in [-0.05, 0) is 37.3 Å². The van der Waals surface area contributed by atoms with Crippen molar-refractivity contribution in [3.05, 3.63) is 88.2 Å². The molecule has 0 radical (unpaired) electrons. The third-order valence-corrected chi connectivity index (χ3v) is 5.83. The van der Waals surface area contributed by atoms with Crippen LogP contribution in [0.5, 0.6) is 0 Å². The fraction of sp³-hybridized carbons (Fsp3) is 0.320. The van der Waals surface area contributed by atoms with Crippen molar-refractivity contribution in [1.82, 2.24) is 14.7 Å². The molecule has 1 saturated heterocycles. The number of carbonyl (C=O) groups excluding carboxylic acids is 1. The van der Waals surface area contributed by atoms with Crippen LogP contribution in [-0.4, -0.2) is 33.7 Å². The topological polar surface area (TPSA) is 55.2 Å². The van der Waals surface area contributed by atoms with E-state index in [9.17, 15) is 9.59 Å². The highest BCUT2D eigenvalue weighted by molar-refractivity contribution is 5.76. The Morgan fingerprint density at radius 3 is 2.30 bits per heavy atom. The first-order valence-corrected chi connectivity index (χ1v) is 10.6. The van der Waals surface area contributed by atoms with Crippen molar-refractivity contribution >= 4 is 5.91 Å². The Kier molecular flexibility index (Phi) is 6.07. The minimum absolute atomic E-state index is 0.0266. The molecule has 0 saturated carbocycles. The largest absolute Gasteiger partial charge is 0.343 e. The molecule has 2 heterocycles. The zero-order chi connectivity index (χ0) is 20.9. The van der Waals surface area contributed by atoms with E-state index in [1.165, 1.54) is 5.56 Å². The number of aryl methyl sites for hydroxylation is 2. The normalized spacial score (nSPS) is 14.6. The molecule has 1 aliphatic heterocycles. The van der Waals surface area contributed by atoms with E-state index in [-0.39, 0.29) is 17.5 Å². The first-order valence-electron chi connectivity index (χ1n) is 10.6. The lowest BCUT2D eigenvalue weighted by Crippen LogP contribution is -2.41. The number of hydrogen-bond acceptors (Lipinski definition) is 3. The highest BCUT2D eigenvalue weighted by Gasteiger charge is 2.25. The Morgan fingerprint density at radius 2 is 1.63 bits per heavy atom. The molecule has 1 aromatic heterocycles. The van der Waals surface area contributed by atoms with Crippen molar-refractivity contribution in [2.75, 3.05) is 13.1 Å². The van der Waals surface area contributed by atoms with E-state index in [4.69, 9.17) is 5.10 Å². The zero-order valence-corrected chi connectivity index (χ0v) is 17.3. The monoisotopic (exact) mass is 401 g/mol. The zero-order valence-electron chi connectivity index (χ0n) is 17.3. The maximum atomic E-state index is 12.6. The van der Waals surface area contributed by atoms with Gasteiger partial charge < -0.3 is 4.90 Å². The van der Waals surface area contributed by atoms with Gasteiger partial charge in [-0.3, -0.25) is 9.59 Å². The third kappa shape index (κ3) is 4.51. The summed E-state index contributed by atoms with van der Waals surface area (Å²) >= 11 is 0. The fourth-order valence-corrected chi connectivity index (χ4v) is 4.11. The van der Waals surface area contributed by atoms with Gasteiger partial charge in [0, 0.05) is 31.1 Å². The Morgan fingerprint density at radius 1 is 1.00 bits per heavy atom. The maximum Gasteiger partial charge on any atom is 0.267 e. The molecule has 1 aliphatic rings. The highest BCUT2D eigenvalue weighted by atomic mass is 16.2. The lowest BCUT2D eigenvalue weighted by molar-refractivity contribution is -0.132. The molecule has 0 N–H and O–H groups in total. The molecule has 1 amide bonds. The van der Waals surface area contributed by atoms with Gasteiger partial charge in [0.15, 0.2) is 0 Å². The number of rotatable bonds is 5. The first-order chi connectivity index (χ1) is 14.6. The van der Waals surface area contributed by atoms with Crippen molar-refractivity contribution in [2.45, 2.75) is 38.6 Å². The van der Waals surface area contributed by atoms with Crippen LogP contribution in [0, 0.1) is 6.92 Å². The smallest absolute Gasteiger partial charge is 0.267 e. The summed E-state index contributed by atoms with van der Waals surface area (Å²) in [5, 5.41) is 4.71. The Labute approximate surface area is 177 Å². The Bertz CT molecular complexity index is 1050. The molecule has 1 fully saturated rings. The summed E-state index contributed by atoms with van der Waals surface area (Å²) in [4.78, 5) is 27.2. The highest BCUT2D eigenvalue weighted by Crippen LogP contribution is 2.24. The standard InChI is InChI=1S/C25H27N3O2/c1-19-18-24(30)28(26-25(19)21-10-6-3-7-11-21)22-14-16-27(17-15-22)23(29)13-12-20-8-4-2-5-9-20/h2-11,18,22H,12-17H2,1H3. The second-order valence-corrected chi connectivity index (χ2v) is 7.92. The van der Waals surface area contributed by atoms with E-state index in [1.807, 2.05) is 60.4 Å². The molecule has 5 nitrogen and oxygen atoms in total. The first kappa shape index (κ1) is 20.1. The van der Waals surface area contributed by atoms with Crippen molar-refractivity contribution < 1.29 is 4.79 Å². The predicted molar refractivity (Wildman–Crippen MR) is 118 cm³/mol. The molecule has 3 aromatic rings. The quantitative estimate of drug-likeness (QED) is 0.649. The molecular weight excluding hydrogens is 374 g/mol. The predicted octanol–water partition coefficient (Wildman–Crippen LogP) is 4.02. The van der Waals surface area contributed by atoms with E-state index >= 15 is 0 Å². The van der Waals surface area contributed by atoms with E-state index in [2.05, 4.69) is 12.1 Å². The van der Waals surface area contributed by atoms with E-state index in [0.717, 1.165) is 36.1 Å². The van der Waals surface area contributed by atoms with Crippen LogP contribution in [0.1, 0.15) is 36.4 Å². The summed E-state index contributed by atoms with van der Waals surface area (Å²) < 4.78 is 1.63. The van der Waals surface area contributed by atoms with Gasteiger partial charge in [0.25, 0.3) is 5.56 Å². The van der Waals surface area contributed by atoms with Gasteiger partial charge in [0.2, 0.25) is 5.91 Å². The van der Waals surface area contributed by atoms with Crippen molar-refractivity contribution in [2.24, 2.45) is 0 Å². The van der Waals surface area contributed by atoms with Crippen molar-refractivity contribution in [3.63, 3.8) is 0 Å². The number of likely N-dealkylation sites (tertiary alicyclic amines) is 1. The Hall–Kier alpha value is -3.21. The van der Waals surface area contributed by atoms with Gasteiger partial charge in [-0.2, -0.15) is 5.10 Å². The van der Waals surface area contributed by atoms with E-state index < -0.39 is 0 Å². The van der Waals surface area contributed by atoms with Crippen LogP contribution in [-0.2, 0) is 11.2 Å². The maximum absolute atomic E-state index is 12.6. The van der Waals surface area contributed by atoms with Gasteiger partial charge in [0.05, 0.1) is 11.7 Å². The van der Waals surface area contributed by atoms with Crippen molar-refractivity contribution in [3.8, 4) is 11.3 Å². The molecule has 0 bridgehead atoms. The number of benzene rings is 2. The molecule has 0 atom stereocenters. The summed E-state index contributed by atoms with van der Waals surface area (Å²) in [6.07, 6.45) is 2.79. The lowest BCUT2D eigenvalue weighted by Gasteiger charge is -2.32. The SMILES string of the molecule is Cc1cc(=O)n(C2CCN(C(=O)CCc3ccccc3)CC2)nc1-c1ccccc1. The molecule has 4 rings (SSSR count). The lowest BCUT2D eigenvalue weighted by atomic mass is 10.0. The molecule has 2 aromatic carbocycles. The van der Waals surface area contributed by atoms with Crippen LogP contribution in [0.3, 0.4) is 0 Å². The number of carbonyl (C=O) groups is 1. The van der Waals surface area contributed by atoms with Crippen LogP contribution >= 0.6 is 0 Å². The van der Waals surface area contributed by atoms with Crippen LogP contribution in [0.15, 0.2) is 71.5 Å². The average Bonchev–Trinajstić information content (AvgIpc) is 2.79. The summed E-state index contributed by atoms with van der Waals surface area (Å²) in [5.74, 6) is 0.187. The summed E-state index contributed by atoms with van der Waals surface area (Å²) in [6, 6.07) is 21.7. The van der Waals surface area contributed by atoms with Gasteiger partial charge in [-0.25, -0.2) is 4.68 Å². The second kappa shape index (κ2) is 9.08. The van der Waals surface area contributed by atoms with Crippen molar-refractivity contribution in [1.29, 1.82) is 0 Å². The summed E-state index contributed by atoms with van der Waals surface area (Å²) in [7, 11) is 0. The molecule has 0 spiro atoms. The minimum atomic E-state index is -0.0685. The summed E-state index contributed by atoms with van der Waals surface area (Å²) in [6.45, 7) is 3.26. The number of aromatic nitrogens is 2. The van der Waals surface area contributed by atoms with Crippen LogP contribution in [0.4, 0.5) is 0 Å². The second-order valence-electron chi connectivity index (χ2n) is 7.92. The minimum Gasteiger partial charge on any atom is -0.343 e. The molecule has 0 unspecified atom stereocenters. The third-order valence-electron chi connectivity index (χ3n) is 5.83. The molecule has 154 valence electrons. The molecule has 5 heteroatoms. The van der Waals surface area contributed by atoms with Crippen LogP contribution in [0.25, 0.3) is 11.3 Å². The number of nitrogens with zero attached hydrogens (tertiary/aromatic N) is 3. The molecular formula is C25H27N3O2. The number of amides is 1. The fourth-order valence-electron chi connectivity index (χ4n) is 4.11. The van der Waals surface area contributed by atoms with E-state index in [1.54, 1.807) is 10.7 Å². The Balaban J connectivity index is 1.41. The van der Waals surface area contributed by atoms with Gasteiger partial charge in [-0.15, -0.1) is 0 Å². The van der Waals surface area contributed by atoms with Gasteiger partial charge in [0.1, 0.15) is 0 Å². The van der Waals surface area contributed by atoms with Gasteiger partial charge in [-0.1, -0.05) is 60.7 Å². The average molecular weight is 402 g/mol. The van der Waals surface area contributed by atoms with Gasteiger partial charge >= 0.3 is 0 Å². The van der Waals surface area contributed by atoms with Crippen LogP contribution < -0.4 is 5.56 Å². The molecule has 30 heavy (non-hydrogen) atoms. The number of piperidine rings is 1.